The lowest BCUT2D eigenvalue weighted by Crippen LogP contribution is -3.12. The standard InChI is InChI=1S/C20H27N3O3S/c1-14(2)17-7-5-16(6-8-17)13-23(4)15(3)20(24)22-18-9-11-19(12-10-18)27(21,25)26/h5-12,14-15H,13H2,1-4H3,(H,22,24)(H2,21,25,26)/p+1/t15-/m0/s1. The van der Waals surface area contributed by atoms with Crippen LogP contribution >= 0.6 is 0 Å². The molecule has 0 spiro atoms. The average molecular weight is 391 g/mol. The number of carbonyl (C=O) groups excluding carboxylic acids is 1. The highest BCUT2D eigenvalue weighted by molar-refractivity contribution is 7.89. The second-order valence-corrected chi connectivity index (χ2v) is 8.76. The van der Waals surface area contributed by atoms with Crippen LogP contribution in [0.1, 0.15) is 37.8 Å². The molecule has 0 aliphatic carbocycles. The molecule has 27 heavy (non-hydrogen) atoms. The number of anilines is 1. The van der Waals surface area contributed by atoms with Gasteiger partial charge in [-0.3, -0.25) is 4.79 Å². The first kappa shape index (κ1) is 21.1. The predicted octanol–water partition coefficient (Wildman–Crippen LogP) is 1.50. The van der Waals surface area contributed by atoms with E-state index >= 15 is 0 Å². The highest BCUT2D eigenvalue weighted by Crippen LogP contribution is 2.15. The van der Waals surface area contributed by atoms with E-state index in [0.717, 1.165) is 11.4 Å². The number of hydrogen-bond acceptors (Lipinski definition) is 3. The predicted molar refractivity (Wildman–Crippen MR) is 107 cm³/mol. The molecular formula is C20H28N3O3S+. The summed E-state index contributed by atoms with van der Waals surface area (Å²) in [6, 6.07) is 14.0. The topological polar surface area (TPSA) is 93.7 Å². The van der Waals surface area contributed by atoms with Crippen molar-refractivity contribution in [1.29, 1.82) is 0 Å². The molecule has 0 saturated heterocycles. The monoisotopic (exact) mass is 390 g/mol. The zero-order valence-electron chi connectivity index (χ0n) is 16.2. The van der Waals surface area contributed by atoms with Crippen molar-refractivity contribution in [3.05, 3.63) is 59.7 Å². The van der Waals surface area contributed by atoms with Crippen molar-refractivity contribution >= 4 is 21.6 Å². The minimum atomic E-state index is -3.74. The lowest BCUT2D eigenvalue weighted by Gasteiger charge is -2.21. The first-order valence-corrected chi connectivity index (χ1v) is 10.5. The molecule has 0 bridgehead atoms. The van der Waals surface area contributed by atoms with Crippen molar-refractivity contribution in [2.45, 2.75) is 44.2 Å². The molecule has 0 aliphatic rings. The van der Waals surface area contributed by atoms with Crippen molar-refractivity contribution in [2.75, 3.05) is 12.4 Å². The van der Waals surface area contributed by atoms with Crippen LogP contribution in [0.2, 0.25) is 0 Å². The molecule has 0 aromatic heterocycles. The number of nitrogens with one attached hydrogen (secondary N) is 2. The van der Waals surface area contributed by atoms with Gasteiger partial charge in [-0.15, -0.1) is 0 Å². The summed E-state index contributed by atoms with van der Waals surface area (Å²) in [5.41, 5.74) is 3.01. The molecule has 1 unspecified atom stereocenters. The molecule has 1 amide bonds. The van der Waals surface area contributed by atoms with Crippen LogP contribution in [-0.2, 0) is 21.4 Å². The Bertz CT molecular complexity index is 876. The van der Waals surface area contributed by atoms with Gasteiger partial charge in [0.25, 0.3) is 5.91 Å². The summed E-state index contributed by atoms with van der Waals surface area (Å²) in [6.45, 7) is 6.92. The Labute approximate surface area is 161 Å². The third-order valence-electron chi connectivity index (χ3n) is 4.71. The number of hydrogen-bond donors (Lipinski definition) is 3. The number of benzene rings is 2. The first-order chi connectivity index (χ1) is 12.6. The van der Waals surface area contributed by atoms with Crippen LogP contribution in [0.25, 0.3) is 0 Å². The highest BCUT2D eigenvalue weighted by Gasteiger charge is 2.22. The maximum Gasteiger partial charge on any atom is 0.282 e. The summed E-state index contributed by atoms with van der Waals surface area (Å²) in [4.78, 5) is 13.6. The van der Waals surface area contributed by atoms with Crippen molar-refractivity contribution in [3.8, 4) is 0 Å². The smallest absolute Gasteiger partial charge is 0.282 e. The van der Waals surface area contributed by atoms with Gasteiger partial charge in [0.15, 0.2) is 6.04 Å². The Morgan fingerprint density at radius 1 is 1.04 bits per heavy atom. The summed E-state index contributed by atoms with van der Waals surface area (Å²) in [5, 5.41) is 7.89. The highest BCUT2D eigenvalue weighted by atomic mass is 32.2. The van der Waals surface area contributed by atoms with Crippen molar-refractivity contribution in [2.24, 2.45) is 5.14 Å². The Balaban J connectivity index is 1.97. The molecule has 0 saturated carbocycles. The molecule has 0 fully saturated rings. The van der Waals surface area contributed by atoms with Crippen molar-refractivity contribution in [1.82, 2.24) is 0 Å². The van der Waals surface area contributed by atoms with E-state index in [1.807, 2.05) is 14.0 Å². The molecule has 7 heteroatoms. The Kier molecular flexibility index (Phi) is 6.75. The summed E-state index contributed by atoms with van der Waals surface area (Å²) in [6.07, 6.45) is 0. The van der Waals surface area contributed by atoms with Gasteiger partial charge in [-0.2, -0.15) is 0 Å². The second kappa shape index (κ2) is 8.65. The fraction of sp³-hybridized carbons (Fsp3) is 0.350. The fourth-order valence-electron chi connectivity index (χ4n) is 2.70. The molecule has 4 N–H and O–H groups in total. The molecule has 0 radical (unpaired) electrons. The third-order valence-corrected chi connectivity index (χ3v) is 5.64. The summed E-state index contributed by atoms with van der Waals surface area (Å²) in [5.74, 6) is 0.365. The van der Waals surface area contributed by atoms with Gasteiger partial charge in [0.1, 0.15) is 6.54 Å². The van der Waals surface area contributed by atoms with Crippen LogP contribution in [0, 0.1) is 0 Å². The van der Waals surface area contributed by atoms with Gasteiger partial charge in [0.05, 0.1) is 11.9 Å². The normalized spacial score (nSPS) is 14.0. The number of quaternary nitrogens is 1. The number of rotatable bonds is 7. The van der Waals surface area contributed by atoms with Gasteiger partial charge >= 0.3 is 0 Å². The van der Waals surface area contributed by atoms with Gasteiger partial charge < -0.3 is 10.2 Å². The van der Waals surface area contributed by atoms with Crippen LogP contribution < -0.4 is 15.4 Å². The quantitative estimate of drug-likeness (QED) is 0.669. The molecular weight excluding hydrogens is 362 g/mol. The molecule has 0 aliphatic heterocycles. The van der Waals surface area contributed by atoms with Gasteiger partial charge in [0, 0.05) is 11.3 Å². The van der Waals surface area contributed by atoms with E-state index in [0.29, 0.717) is 11.6 Å². The molecule has 2 aromatic rings. The molecule has 0 heterocycles. The van der Waals surface area contributed by atoms with Crippen molar-refractivity contribution in [3.63, 3.8) is 0 Å². The van der Waals surface area contributed by atoms with Gasteiger partial charge in [-0.1, -0.05) is 38.1 Å². The van der Waals surface area contributed by atoms with Crippen LogP contribution in [0.3, 0.4) is 0 Å². The largest absolute Gasteiger partial charge is 0.324 e. The van der Waals surface area contributed by atoms with E-state index < -0.39 is 10.0 Å². The minimum Gasteiger partial charge on any atom is -0.324 e. The number of primary sulfonamides is 1. The zero-order valence-corrected chi connectivity index (χ0v) is 17.0. The number of likely N-dealkylation sites (N-methyl/N-ethyl adjacent to an activating group) is 1. The molecule has 2 aromatic carbocycles. The lowest BCUT2D eigenvalue weighted by atomic mass is 10.0. The number of amides is 1. The second-order valence-electron chi connectivity index (χ2n) is 7.20. The summed E-state index contributed by atoms with van der Waals surface area (Å²) >= 11 is 0. The summed E-state index contributed by atoms with van der Waals surface area (Å²) in [7, 11) is -1.76. The number of carbonyl (C=O) groups is 1. The zero-order chi connectivity index (χ0) is 20.2. The SMILES string of the molecule is CC(C)c1ccc(C[NH+](C)[C@@H](C)C(=O)Nc2ccc(S(N)(=O)=O)cc2)cc1. The van der Waals surface area contributed by atoms with Gasteiger partial charge in [-0.05, 0) is 42.7 Å². The van der Waals surface area contributed by atoms with Crippen LogP contribution in [0.15, 0.2) is 53.4 Å². The van der Waals surface area contributed by atoms with Crippen LogP contribution in [0.5, 0.6) is 0 Å². The minimum absolute atomic E-state index is 0.0149. The molecule has 6 nitrogen and oxygen atoms in total. The summed E-state index contributed by atoms with van der Waals surface area (Å²) < 4.78 is 22.6. The number of nitrogens with two attached hydrogens (primary N) is 1. The Morgan fingerprint density at radius 3 is 2.07 bits per heavy atom. The van der Waals surface area contributed by atoms with Gasteiger partial charge in [-0.25, -0.2) is 13.6 Å². The average Bonchev–Trinajstić information content (AvgIpc) is 2.61. The van der Waals surface area contributed by atoms with Crippen LogP contribution in [-0.4, -0.2) is 27.4 Å². The van der Waals surface area contributed by atoms with Gasteiger partial charge in [0.2, 0.25) is 10.0 Å². The van der Waals surface area contributed by atoms with E-state index in [1.54, 1.807) is 0 Å². The molecule has 2 rings (SSSR count). The van der Waals surface area contributed by atoms with Crippen molar-refractivity contribution < 1.29 is 18.1 Å². The lowest BCUT2D eigenvalue weighted by molar-refractivity contribution is -0.907. The fourth-order valence-corrected chi connectivity index (χ4v) is 3.21. The molecule has 146 valence electrons. The van der Waals surface area contributed by atoms with E-state index in [2.05, 4.69) is 43.4 Å². The maximum atomic E-state index is 12.5. The molecule has 2 atom stereocenters. The van der Waals surface area contributed by atoms with Crippen LogP contribution in [0.4, 0.5) is 5.69 Å². The Hall–Kier alpha value is -2.22. The Morgan fingerprint density at radius 2 is 1.59 bits per heavy atom. The van der Waals surface area contributed by atoms with E-state index in [4.69, 9.17) is 5.14 Å². The third kappa shape index (κ3) is 5.89. The maximum absolute atomic E-state index is 12.5. The van der Waals surface area contributed by atoms with E-state index in [9.17, 15) is 13.2 Å². The van der Waals surface area contributed by atoms with E-state index in [-0.39, 0.29) is 16.8 Å². The number of sulfonamides is 1. The first-order valence-electron chi connectivity index (χ1n) is 8.93. The van der Waals surface area contributed by atoms with E-state index in [1.165, 1.54) is 35.4 Å².